The number of hydrogen-bond acceptors (Lipinski definition) is 1. The van der Waals surface area contributed by atoms with Crippen LogP contribution in [0.4, 0.5) is 4.39 Å². The zero-order valence-electron chi connectivity index (χ0n) is 6.40. The van der Waals surface area contributed by atoms with Crippen molar-refractivity contribution < 1.29 is 9.13 Å². The second-order valence-electron chi connectivity index (χ2n) is 2.28. The zero-order valence-corrected chi connectivity index (χ0v) is 6.40. The van der Waals surface area contributed by atoms with Crippen molar-refractivity contribution in [3.63, 3.8) is 0 Å². The molecule has 0 unspecified atom stereocenters. The molecule has 1 aromatic rings. The van der Waals surface area contributed by atoms with Crippen molar-refractivity contribution in [1.82, 2.24) is 0 Å². The maximum Gasteiger partial charge on any atom is 0.180 e. The molecule has 0 saturated carbocycles. The van der Waals surface area contributed by atoms with E-state index in [0.717, 1.165) is 5.56 Å². The van der Waals surface area contributed by atoms with Crippen molar-refractivity contribution in [2.24, 2.45) is 0 Å². The fraction of sp³-hybridized carbons (Fsp3) is 0. The lowest BCUT2D eigenvalue weighted by molar-refractivity contribution is -0.366. The Morgan fingerprint density at radius 2 is 1.92 bits per heavy atom. The van der Waals surface area contributed by atoms with Crippen LogP contribution in [0.15, 0.2) is 30.5 Å². The Labute approximate surface area is 69.9 Å². The van der Waals surface area contributed by atoms with E-state index in [9.17, 15) is 9.60 Å². The van der Waals surface area contributed by atoms with E-state index in [1.165, 1.54) is 18.3 Å². The molecule has 0 atom stereocenters. The van der Waals surface area contributed by atoms with Crippen molar-refractivity contribution in [1.29, 1.82) is 0 Å². The Hall–Kier alpha value is -1.64. The molecule has 0 aliphatic carbocycles. The summed E-state index contributed by atoms with van der Waals surface area (Å²) in [5.74, 6) is -0.291. The van der Waals surface area contributed by atoms with Gasteiger partial charge in [-0.05, 0) is 17.7 Å². The predicted octanol–water partition coefficient (Wildman–Crippen LogP) is 2.01. The van der Waals surface area contributed by atoms with Gasteiger partial charge in [0.25, 0.3) is 0 Å². The minimum Gasteiger partial charge on any atom is -0.619 e. The molecule has 3 heteroatoms. The molecule has 0 aliphatic rings. The summed E-state index contributed by atoms with van der Waals surface area (Å²) in [5.41, 5.74) is 0.765. The van der Waals surface area contributed by atoms with Crippen molar-refractivity contribution in [3.8, 4) is 0 Å². The lowest BCUT2D eigenvalue weighted by Gasteiger charge is -1.92. The lowest BCUT2D eigenvalue weighted by Crippen LogP contribution is -1.84. The molecule has 12 heavy (non-hydrogen) atoms. The van der Waals surface area contributed by atoms with Gasteiger partial charge in [-0.15, -0.1) is 0 Å². The SMILES string of the molecule is C=[N+]([O-])/C=C/c1ccc(F)cc1. The van der Waals surface area contributed by atoms with Gasteiger partial charge in [-0.25, -0.2) is 4.39 Å². The molecule has 0 radical (unpaired) electrons. The molecule has 0 spiro atoms. The molecule has 0 amide bonds. The highest BCUT2D eigenvalue weighted by Gasteiger charge is 1.88. The van der Waals surface area contributed by atoms with Crippen LogP contribution in [0.5, 0.6) is 0 Å². The summed E-state index contributed by atoms with van der Waals surface area (Å²) in [6.45, 7) is 3.09. The average molecular weight is 165 g/mol. The third kappa shape index (κ3) is 2.54. The molecular formula is C9H8FNO. The van der Waals surface area contributed by atoms with Crippen LogP contribution in [0.3, 0.4) is 0 Å². The number of nitrogens with zero attached hydrogens (tertiary/aromatic N) is 1. The predicted molar refractivity (Wildman–Crippen MR) is 46.2 cm³/mol. The van der Waals surface area contributed by atoms with Gasteiger partial charge in [0, 0.05) is 6.08 Å². The van der Waals surface area contributed by atoms with Crippen LogP contribution in [0, 0.1) is 11.0 Å². The van der Waals surface area contributed by atoms with Crippen LogP contribution < -0.4 is 0 Å². The highest BCUT2D eigenvalue weighted by atomic mass is 19.1. The molecule has 2 nitrogen and oxygen atoms in total. The van der Waals surface area contributed by atoms with E-state index in [1.807, 2.05) is 0 Å². The number of hydrogen-bond donors (Lipinski definition) is 0. The summed E-state index contributed by atoms with van der Waals surface area (Å²) in [5, 5.41) is 10.3. The molecule has 0 aliphatic heterocycles. The lowest BCUT2D eigenvalue weighted by atomic mass is 10.2. The largest absolute Gasteiger partial charge is 0.619 e. The highest BCUT2D eigenvalue weighted by Crippen LogP contribution is 2.03. The molecule has 1 rings (SSSR count). The van der Waals surface area contributed by atoms with Crippen LogP contribution in [-0.2, 0) is 0 Å². The monoisotopic (exact) mass is 165 g/mol. The standard InChI is InChI=1S/C9H8FNO/c1-11(12)7-6-8-2-4-9(10)5-3-8/h2-7H,1H2/b7-6+. The second kappa shape index (κ2) is 3.67. The van der Waals surface area contributed by atoms with E-state index in [4.69, 9.17) is 0 Å². The first kappa shape index (κ1) is 8.46. The molecular weight excluding hydrogens is 157 g/mol. The van der Waals surface area contributed by atoms with E-state index in [1.54, 1.807) is 18.2 Å². The van der Waals surface area contributed by atoms with Crippen LogP contribution in [0.1, 0.15) is 5.56 Å². The van der Waals surface area contributed by atoms with Gasteiger partial charge in [-0.1, -0.05) is 12.1 Å². The Kier molecular flexibility index (Phi) is 2.58. The smallest absolute Gasteiger partial charge is 0.180 e. The van der Waals surface area contributed by atoms with E-state index < -0.39 is 0 Å². The first-order valence-corrected chi connectivity index (χ1v) is 3.39. The summed E-state index contributed by atoms with van der Waals surface area (Å²) >= 11 is 0. The topological polar surface area (TPSA) is 26.1 Å². The first-order chi connectivity index (χ1) is 5.68. The molecule has 0 saturated heterocycles. The van der Waals surface area contributed by atoms with E-state index >= 15 is 0 Å². The van der Waals surface area contributed by atoms with Crippen LogP contribution >= 0.6 is 0 Å². The summed E-state index contributed by atoms with van der Waals surface area (Å²) in [6, 6.07) is 5.82. The van der Waals surface area contributed by atoms with E-state index in [-0.39, 0.29) is 5.82 Å². The molecule has 0 fully saturated rings. The van der Waals surface area contributed by atoms with Crippen molar-refractivity contribution in [3.05, 3.63) is 47.1 Å². The zero-order chi connectivity index (χ0) is 8.97. The Morgan fingerprint density at radius 3 is 2.42 bits per heavy atom. The maximum atomic E-state index is 12.4. The number of benzene rings is 1. The number of hydroxylamine groups is 1. The number of halogens is 1. The normalized spacial score (nSPS) is 10.4. The molecule has 62 valence electrons. The molecule has 0 N–H and O–H groups in total. The van der Waals surface area contributed by atoms with Gasteiger partial charge in [0.2, 0.25) is 0 Å². The summed E-state index contributed by atoms with van der Waals surface area (Å²) in [6.07, 6.45) is 2.81. The van der Waals surface area contributed by atoms with Gasteiger partial charge in [-0.2, -0.15) is 4.74 Å². The molecule has 1 aromatic carbocycles. The average Bonchev–Trinajstić information content (AvgIpc) is 2.03. The van der Waals surface area contributed by atoms with Crippen molar-refractivity contribution >= 4 is 12.8 Å². The van der Waals surface area contributed by atoms with Crippen molar-refractivity contribution in [2.75, 3.05) is 0 Å². The Morgan fingerprint density at radius 1 is 1.33 bits per heavy atom. The van der Waals surface area contributed by atoms with Gasteiger partial charge < -0.3 is 5.21 Å². The van der Waals surface area contributed by atoms with Crippen molar-refractivity contribution in [2.45, 2.75) is 0 Å². The summed E-state index contributed by atoms with van der Waals surface area (Å²) in [4.78, 5) is 0. The number of rotatable bonds is 2. The van der Waals surface area contributed by atoms with Gasteiger partial charge in [0.15, 0.2) is 6.20 Å². The van der Waals surface area contributed by atoms with Gasteiger partial charge in [0.05, 0.1) is 0 Å². The quantitative estimate of drug-likeness (QED) is 0.285. The third-order valence-corrected chi connectivity index (χ3v) is 1.30. The Bertz CT molecular complexity index is 303. The summed E-state index contributed by atoms with van der Waals surface area (Å²) < 4.78 is 12.8. The van der Waals surface area contributed by atoms with Crippen LogP contribution in [-0.4, -0.2) is 11.5 Å². The first-order valence-electron chi connectivity index (χ1n) is 3.39. The van der Waals surface area contributed by atoms with E-state index in [2.05, 4.69) is 6.72 Å². The summed E-state index contributed by atoms with van der Waals surface area (Å²) in [7, 11) is 0. The molecule has 0 bridgehead atoms. The fourth-order valence-electron chi connectivity index (χ4n) is 0.743. The Balaban J connectivity index is 2.77. The fourth-order valence-corrected chi connectivity index (χ4v) is 0.743. The third-order valence-electron chi connectivity index (χ3n) is 1.30. The van der Waals surface area contributed by atoms with E-state index in [0.29, 0.717) is 4.74 Å². The van der Waals surface area contributed by atoms with Crippen LogP contribution in [0.2, 0.25) is 0 Å². The molecule has 0 heterocycles. The minimum absolute atomic E-state index is 0.291. The van der Waals surface area contributed by atoms with Gasteiger partial charge >= 0.3 is 0 Å². The maximum absolute atomic E-state index is 12.4. The second-order valence-corrected chi connectivity index (χ2v) is 2.28. The van der Waals surface area contributed by atoms with Crippen LogP contribution in [0.25, 0.3) is 6.08 Å². The highest BCUT2D eigenvalue weighted by molar-refractivity contribution is 5.47. The molecule has 0 aromatic heterocycles. The van der Waals surface area contributed by atoms with Gasteiger partial charge in [-0.3, -0.25) is 0 Å². The van der Waals surface area contributed by atoms with Gasteiger partial charge in [0.1, 0.15) is 12.5 Å². The minimum atomic E-state index is -0.291.